The molecule has 0 radical (unpaired) electrons. The van der Waals surface area contributed by atoms with Crippen LogP contribution in [0.15, 0.2) is 24.3 Å². The number of fused-ring (bicyclic) bond motifs is 6. The minimum Gasteiger partial charge on any atom is -0.462 e. The summed E-state index contributed by atoms with van der Waals surface area (Å²) < 4.78 is 19.4. The van der Waals surface area contributed by atoms with E-state index in [0.29, 0.717) is 28.9 Å². The van der Waals surface area contributed by atoms with Gasteiger partial charge in [-0.15, -0.1) is 0 Å². The SMILES string of the molecule is CC(C)CCC[C@@H](C)[C@H]1CC[C@H]2[C@@H]3CC=C4C[C@@H](OC(=O)CCC(=O)O[C@@H]5C[C@@H](CO)O[C@H]5n5cnc6c(N)ncnc65)CC[C@]4(C)[C@H]3CC[C@]12C. The van der Waals surface area contributed by atoms with Crippen molar-refractivity contribution in [1.82, 2.24) is 19.5 Å². The largest absolute Gasteiger partial charge is 0.462 e. The first-order valence-electron chi connectivity index (χ1n) is 20.2. The van der Waals surface area contributed by atoms with E-state index in [0.717, 1.165) is 55.3 Å². The number of ether oxygens (including phenoxy) is 3. The van der Waals surface area contributed by atoms with Crippen LogP contribution in [0, 0.1) is 46.3 Å². The fraction of sp³-hybridized carbons (Fsp3) is 0.780. The number of nitrogens with zero attached hydrogens (tertiary/aromatic N) is 4. The molecule has 2 aromatic heterocycles. The van der Waals surface area contributed by atoms with Crippen molar-refractivity contribution >= 4 is 28.9 Å². The van der Waals surface area contributed by atoms with Crippen LogP contribution in [0.3, 0.4) is 0 Å². The molecular weight excluding hydrogens is 658 g/mol. The van der Waals surface area contributed by atoms with Gasteiger partial charge in [-0.1, -0.05) is 65.5 Å². The van der Waals surface area contributed by atoms with E-state index in [2.05, 4.69) is 55.6 Å². The lowest BCUT2D eigenvalue weighted by Gasteiger charge is -2.58. The Bertz CT molecular complexity index is 1640. The molecule has 286 valence electrons. The van der Waals surface area contributed by atoms with Crippen molar-refractivity contribution in [3.05, 3.63) is 24.3 Å². The molecular formula is C41H61N5O6. The molecule has 11 nitrogen and oxygen atoms in total. The Labute approximate surface area is 308 Å². The number of aliphatic hydroxyl groups is 1. The number of anilines is 1. The average Bonchev–Trinajstić information content (AvgIpc) is 3.82. The predicted octanol–water partition coefficient (Wildman–Crippen LogP) is 7.33. The normalized spacial score (nSPS) is 36.2. The second-order valence-electron chi connectivity index (χ2n) is 17.8. The number of hydrogen-bond acceptors (Lipinski definition) is 10. The number of nitrogen functional groups attached to an aromatic ring is 1. The summed E-state index contributed by atoms with van der Waals surface area (Å²) in [5, 5.41) is 9.78. The highest BCUT2D eigenvalue weighted by atomic mass is 16.6. The van der Waals surface area contributed by atoms with E-state index in [-0.39, 0.29) is 42.8 Å². The van der Waals surface area contributed by atoms with Crippen molar-refractivity contribution in [3.8, 4) is 0 Å². The first-order chi connectivity index (χ1) is 24.9. The molecule has 4 fully saturated rings. The Morgan fingerprint density at radius 3 is 2.58 bits per heavy atom. The quantitative estimate of drug-likeness (QED) is 0.168. The first kappa shape index (κ1) is 37.3. The molecule has 5 aliphatic rings. The van der Waals surface area contributed by atoms with Crippen molar-refractivity contribution in [2.75, 3.05) is 12.3 Å². The van der Waals surface area contributed by atoms with Crippen molar-refractivity contribution in [2.24, 2.45) is 46.3 Å². The third-order valence-corrected chi connectivity index (χ3v) is 14.4. The van der Waals surface area contributed by atoms with E-state index in [1.54, 1.807) is 4.57 Å². The molecule has 0 spiro atoms. The van der Waals surface area contributed by atoms with Gasteiger partial charge in [0.05, 0.1) is 31.9 Å². The second kappa shape index (κ2) is 15.0. The number of imidazole rings is 1. The van der Waals surface area contributed by atoms with Gasteiger partial charge >= 0.3 is 11.9 Å². The molecule has 0 unspecified atom stereocenters. The summed E-state index contributed by atoms with van der Waals surface area (Å²) in [7, 11) is 0. The summed E-state index contributed by atoms with van der Waals surface area (Å²) >= 11 is 0. The molecule has 4 aliphatic carbocycles. The third-order valence-electron chi connectivity index (χ3n) is 14.4. The van der Waals surface area contributed by atoms with E-state index >= 15 is 0 Å². The zero-order valence-corrected chi connectivity index (χ0v) is 32.0. The highest BCUT2D eigenvalue weighted by Gasteiger charge is 2.59. The molecule has 3 saturated carbocycles. The van der Waals surface area contributed by atoms with Crippen LogP contribution in [0.5, 0.6) is 0 Å². The molecule has 11 heteroatoms. The Morgan fingerprint density at radius 1 is 1.02 bits per heavy atom. The van der Waals surface area contributed by atoms with E-state index in [9.17, 15) is 14.7 Å². The number of aromatic nitrogens is 4. The van der Waals surface area contributed by atoms with Crippen molar-refractivity contribution in [2.45, 2.75) is 149 Å². The summed E-state index contributed by atoms with van der Waals surface area (Å²) in [5.74, 6) is 4.11. The Hall–Kier alpha value is -3.05. The van der Waals surface area contributed by atoms with Crippen LogP contribution in [0.1, 0.15) is 131 Å². The van der Waals surface area contributed by atoms with Crippen LogP contribution in [0.25, 0.3) is 11.2 Å². The molecule has 1 aliphatic heterocycles. The monoisotopic (exact) mass is 719 g/mol. The molecule has 1 saturated heterocycles. The van der Waals surface area contributed by atoms with E-state index in [1.165, 1.54) is 63.2 Å². The number of rotatable bonds is 12. The second-order valence-corrected chi connectivity index (χ2v) is 17.8. The van der Waals surface area contributed by atoms with Gasteiger partial charge in [0.15, 0.2) is 17.7 Å². The summed E-state index contributed by atoms with van der Waals surface area (Å²) in [6, 6.07) is 0. The number of carbonyl (C=O) groups is 2. The van der Waals surface area contributed by atoms with Crippen LogP contribution in [0.4, 0.5) is 5.82 Å². The highest BCUT2D eigenvalue weighted by molar-refractivity contribution is 5.81. The summed E-state index contributed by atoms with van der Waals surface area (Å²) in [5.41, 5.74) is 8.95. The molecule has 3 heterocycles. The predicted molar refractivity (Wildman–Crippen MR) is 197 cm³/mol. The van der Waals surface area contributed by atoms with Crippen LogP contribution in [-0.2, 0) is 23.8 Å². The fourth-order valence-corrected chi connectivity index (χ4v) is 11.7. The molecule has 2 aromatic rings. The maximum atomic E-state index is 13.0. The summed E-state index contributed by atoms with van der Waals surface area (Å²) in [6.45, 7) is 12.2. The summed E-state index contributed by atoms with van der Waals surface area (Å²) in [4.78, 5) is 38.6. The average molecular weight is 720 g/mol. The Balaban J connectivity index is 0.913. The number of carbonyl (C=O) groups excluding carboxylic acids is 2. The van der Waals surface area contributed by atoms with Crippen LogP contribution in [-0.4, -0.2) is 61.5 Å². The van der Waals surface area contributed by atoms with Crippen LogP contribution < -0.4 is 5.73 Å². The molecule has 0 amide bonds. The van der Waals surface area contributed by atoms with Gasteiger partial charge in [0.25, 0.3) is 0 Å². The minimum absolute atomic E-state index is 0.0485. The van der Waals surface area contributed by atoms with Crippen molar-refractivity contribution < 1.29 is 28.9 Å². The highest BCUT2D eigenvalue weighted by Crippen LogP contribution is 2.67. The van der Waals surface area contributed by atoms with Crippen LogP contribution in [0.2, 0.25) is 0 Å². The molecule has 52 heavy (non-hydrogen) atoms. The van der Waals surface area contributed by atoms with E-state index < -0.39 is 24.4 Å². The van der Waals surface area contributed by atoms with Gasteiger partial charge in [-0.2, -0.15) is 0 Å². The maximum Gasteiger partial charge on any atom is 0.306 e. The summed E-state index contributed by atoms with van der Waals surface area (Å²) in [6.07, 6.45) is 16.8. The number of aliphatic hydroxyl groups excluding tert-OH is 1. The van der Waals surface area contributed by atoms with Crippen molar-refractivity contribution in [1.29, 1.82) is 0 Å². The molecule has 11 atom stereocenters. The number of hydrogen-bond donors (Lipinski definition) is 2. The molecule has 7 rings (SSSR count). The van der Waals surface area contributed by atoms with Gasteiger partial charge in [0, 0.05) is 12.8 Å². The maximum absolute atomic E-state index is 13.0. The number of nitrogens with two attached hydrogens (primary N) is 1. The van der Waals surface area contributed by atoms with E-state index in [1.807, 2.05) is 0 Å². The first-order valence-corrected chi connectivity index (χ1v) is 20.2. The molecule has 0 aromatic carbocycles. The van der Waals surface area contributed by atoms with Crippen LogP contribution >= 0.6 is 0 Å². The Kier molecular flexibility index (Phi) is 10.8. The number of allylic oxidation sites excluding steroid dienone is 1. The van der Waals surface area contributed by atoms with Gasteiger partial charge in [0.2, 0.25) is 0 Å². The van der Waals surface area contributed by atoms with E-state index in [4.69, 9.17) is 19.9 Å². The lowest BCUT2D eigenvalue weighted by molar-refractivity contribution is -0.160. The number of esters is 2. The van der Waals surface area contributed by atoms with Gasteiger partial charge < -0.3 is 25.1 Å². The molecule has 3 N–H and O–H groups in total. The lowest BCUT2D eigenvalue weighted by Crippen LogP contribution is -2.51. The van der Waals surface area contributed by atoms with Crippen molar-refractivity contribution in [3.63, 3.8) is 0 Å². The topological polar surface area (TPSA) is 152 Å². The zero-order chi connectivity index (χ0) is 36.8. The zero-order valence-electron chi connectivity index (χ0n) is 32.0. The Morgan fingerprint density at radius 2 is 1.81 bits per heavy atom. The van der Waals surface area contributed by atoms with Gasteiger partial charge in [-0.25, -0.2) is 15.0 Å². The molecule has 0 bridgehead atoms. The smallest absolute Gasteiger partial charge is 0.306 e. The minimum atomic E-state index is -0.747. The standard InChI is InChI=1S/C41H61N5O6/c1-24(2)7-6-8-25(3)30-11-12-31-29-10-9-26-19-27(15-17-40(26,4)32(29)16-18-41(30,31)5)50-34(48)13-14-35(49)52-33-20-28(21-47)51-39(33)46-23-45-36-37(42)43-22-44-38(36)46/h9,22-25,27-33,39,47H,6-8,10-21H2,1-5H3,(H2,42,43,44)/t25-,27+,28+,29+,30-,31+,32+,33-,39-,40+,41-/m1/s1. The van der Waals surface area contributed by atoms with Gasteiger partial charge in [-0.05, 0) is 91.3 Å². The lowest BCUT2D eigenvalue weighted by atomic mass is 9.47. The third kappa shape index (κ3) is 7.01. The van der Waals surface area contributed by atoms with Gasteiger partial charge in [-0.3, -0.25) is 14.2 Å². The van der Waals surface area contributed by atoms with Gasteiger partial charge in [0.1, 0.15) is 24.1 Å². The fourth-order valence-electron chi connectivity index (χ4n) is 11.7.